The first-order chi connectivity index (χ1) is 12.4. The molecule has 0 bridgehead atoms. The van der Waals surface area contributed by atoms with Gasteiger partial charge < -0.3 is 10.1 Å². The Kier molecular flexibility index (Phi) is 7.82. The summed E-state index contributed by atoms with van der Waals surface area (Å²) >= 11 is 13.6. The number of hydrogen-bond acceptors (Lipinski definition) is 4. The van der Waals surface area contributed by atoms with Gasteiger partial charge in [-0.05, 0) is 42.7 Å². The van der Waals surface area contributed by atoms with Gasteiger partial charge in [-0.15, -0.1) is 11.8 Å². The number of esters is 1. The lowest BCUT2D eigenvalue weighted by Crippen LogP contribution is -2.22. The van der Waals surface area contributed by atoms with Crippen LogP contribution >= 0.6 is 35.0 Å². The third-order valence-electron chi connectivity index (χ3n) is 3.50. The number of aryl methyl sites for hydroxylation is 2. The summed E-state index contributed by atoms with van der Waals surface area (Å²) in [4.78, 5) is 23.7. The van der Waals surface area contributed by atoms with Crippen molar-refractivity contribution in [3.8, 4) is 0 Å². The van der Waals surface area contributed by atoms with Crippen LogP contribution in [0.1, 0.15) is 16.7 Å². The van der Waals surface area contributed by atoms with Crippen LogP contribution in [-0.4, -0.2) is 24.2 Å². The number of benzene rings is 2. The molecule has 0 aliphatic rings. The van der Waals surface area contributed by atoms with Crippen molar-refractivity contribution >= 4 is 52.5 Å². The number of carbonyl (C=O) groups is 2. The average Bonchev–Trinajstić information content (AvgIpc) is 2.58. The van der Waals surface area contributed by atoms with E-state index in [0.717, 1.165) is 16.7 Å². The molecule has 2 rings (SSSR count). The molecule has 0 fully saturated rings. The number of rotatable bonds is 7. The zero-order valence-corrected chi connectivity index (χ0v) is 16.8. The first-order valence-electron chi connectivity index (χ1n) is 7.90. The maximum absolute atomic E-state index is 12.0. The third-order valence-corrected chi connectivity index (χ3v) is 5.12. The van der Waals surface area contributed by atoms with Gasteiger partial charge in [0, 0.05) is 10.8 Å². The predicted molar refractivity (Wildman–Crippen MR) is 108 cm³/mol. The first kappa shape index (κ1) is 20.6. The SMILES string of the molecule is Cc1cc(C)c(NC(=O)COC(=O)CSCc2ccccc2Cl)c(Cl)c1. The second-order valence-corrected chi connectivity index (χ2v) is 7.53. The quantitative estimate of drug-likeness (QED) is 0.649. The molecule has 2 aromatic carbocycles. The molecule has 0 aromatic heterocycles. The van der Waals surface area contributed by atoms with E-state index in [1.54, 1.807) is 12.1 Å². The van der Waals surface area contributed by atoms with Gasteiger partial charge in [-0.1, -0.05) is 47.5 Å². The van der Waals surface area contributed by atoms with Gasteiger partial charge in [0.05, 0.1) is 16.5 Å². The fourth-order valence-corrected chi connectivity index (χ4v) is 3.77. The van der Waals surface area contributed by atoms with Gasteiger partial charge in [0.25, 0.3) is 5.91 Å². The molecule has 0 saturated carbocycles. The Morgan fingerprint density at radius 2 is 1.85 bits per heavy atom. The Labute approximate surface area is 167 Å². The third kappa shape index (κ3) is 6.24. The minimum absolute atomic E-state index is 0.142. The summed E-state index contributed by atoms with van der Waals surface area (Å²) in [6, 6.07) is 11.1. The van der Waals surface area contributed by atoms with Crippen molar-refractivity contribution in [2.24, 2.45) is 0 Å². The molecule has 0 aliphatic carbocycles. The molecule has 0 heterocycles. The summed E-state index contributed by atoms with van der Waals surface area (Å²) in [7, 11) is 0. The summed E-state index contributed by atoms with van der Waals surface area (Å²) in [5, 5.41) is 3.80. The van der Waals surface area contributed by atoms with Crippen molar-refractivity contribution in [3.63, 3.8) is 0 Å². The molecular weight excluding hydrogens is 393 g/mol. The Balaban J connectivity index is 1.75. The smallest absolute Gasteiger partial charge is 0.316 e. The fourth-order valence-electron chi connectivity index (χ4n) is 2.30. The summed E-state index contributed by atoms with van der Waals surface area (Å²) in [5.74, 6) is -0.144. The predicted octanol–water partition coefficient (Wildman–Crippen LogP) is 5.03. The number of nitrogens with one attached hydrogen (secondary N) is 1. The maximum atomic E-state index is 12.0. The van der Waals surface area contributed by atoms with E-state index in [1.165, 1.54) is 11.8 Å². The van der Waals surface area contributed by atoms with Crippen LogP contribution in [0.3, 0.4) is 0 Å². The highest BCUT2D eigenvalue weighted by Crippen LogP contribution is 2.27. The van der Waals surface area contributed by atoms with Crippen LogP contribution in [0.5, 0.6) is 0 Å². The molecule has 1 amide bonds. The molecule has 0 atom stereocenters. The lowest BCUT2D eigenvalue weighted by atomic mass is 10.1. The van der Waals surface area contributed by atoms with Crippen LogP contribution < -0.4 is 5.32 Å². The van der Waals surface area contributed by atoms with Crippen LogP contribution in [0.15, 0.2) is 36.4 Å². The number of thioether (sulfide) groups is 1. The van der Waals surface area contributed by atoms with Crippen LogP contribution in [0.25, 0.3) is 0 Å². The second-order valence-electron chi connectivity index (χ2n) is 5.73. The summed E-state index contributed by atoms with van der Waals surface area (Å²) in [6.45, 7) is 3.42. The summed E-state index contributed by atoms with van der Waals surface area (Å²) in [5.41, 5.74) is 3.35. The van der Waals surface area contributed by atoms with Crippen molar-refractivity contribution in [1.82, 2.24) is 0 Å². The van der Waals surface area contributed by atoms with Gasteiger partial charge in [0.15, 0.2) is 6.61 Å². The van der Waals surface area contributed by atoms with Gasteiger partial charge in [-0.3, -0.25) is 9.59 Å². The second kappa shape index (κ2) is 9.86. The Bertz CT molecular complexity index is 788. The van der Waals surface area contributed by atoms with Crippen LogP contribution in [-0.2, 0) is 20.1 Å². The number of amides is 1. The molecule has 0 aliphatic heterocycles. The highest BCUT2D eigenvalue weighted by Gasteiger charge is 2.12. The highest BCUT2D eigenvalue weighted by atomic mass is 35.5. The van der Waals surface area contributed by atoms with E-state index >= 15 is 0 Å². The van der Waals surface area contributed by atoms with Crippen molar-refractivity contribution in [1.29, 1.82) is 0 Å². The molecule has 1 N–H and O–H groups in total. The number of carbonyl (C=O) groups excluding carboxylic acids is 2. The Morgan fingerprint density at radius 3 is 2.54 bits per heavy atom. The molecule has 2 aromatic rings. The van der Waals surface area contributed by atoms with Crippen molar-refractivity contribution in [3.05, 3.63) is 63.1 Å². The van der Waals surface area contributed by atoms with Gasteiger partial charge in [0.2, 0.25) is 0 Å². The zero-order valence-electron chi connectivity index (χ0n) is 14.5. The maximum Gasteiger partial charge on any atom is 0.316 e. The number of halogens is 2. The van der Waals surface area contributed by atoms with E-state index in [-0.39, 0.29) is 12.4 Å². The Morgan fingerprint density at radius 1 is 1.12 bits per heavy atom. The monoisotopic (exact) mass is 411 g/mol. The number of ether oxygens (including phenoxy) is 1. The highest BCUT2D eigenvalue weighted by molar-refractivity contribution is 7.99. The van der Waals surface area contributed by atoms with Gasteiger partial charge in [0.1, 0.15) is 0 Å². The first-order valence-corrected chi connectivity index (χ1v) is 9.81. The number of hydrogen-bond donors (Lipinski definition) is 1. The van der Waals surface area contributed by atoms with Crippen molar-refractivity contribution in [2.45, 2.75) is 19.6 Å². The van der Waals surface area contributed by atoms with E-state index in [2.05, 4.69) is 5.32 Å². The van der Waals surface area contributed by atoms with Crippen molar-refractivity contribution in [2.75, 3.05) is 17.7 Å². The summed E-state index contributed by atoms with van der Waals surface area (Å²) < 4.78 is 5.00. The lowest BCUT2D eigenvalue weighted by molar-refractivity contribution is -0.144. The van der Waals surface area contributed by atoms with E-state index in [9.17, 15) is 9.59 Å². The molecule has 26 heavy (non-hydrogen) atoms. The molecule has 4 nitrogen and oxygen atoms in total. The van der Waals surface area contributed by atoms with E-state index in [4.69, 9.17) is 27.9 Å². The minimum atomic E-state index is -0.455. The molecule has 0 radical (unpaired) electrons. The van der Waals surface area contributed by atoms with Gasteiger partial charge in [-0.25, -0.2) is 0 Å². The minimum Gasteiger partial charge on any atom is -0.455 e. The van der Waals surface area contributed by atoms with Crippen LogP contribution in [0.2, 0.25) is 10.0 Å². The molecule has 138 valence electrons. The largest absolute Gasteiger partial charge is 0.455 e. The Hall–Kier alpha value is -1.69. The molecule has 7 heteroatoms. The van der Waals surface area contributed by atoms with Gasteiger partial charge in [-0.2, -0.15) is 0 Å². The van der Waals surface area contributed by atoms with E-state index in [0.29, 0.717) is 21.5 Å². The van der Waals surface area contributed by atoms with Gasteiger partial charge >= 0.3 is 5.97 Å². The average molecular weight is 412 g/mol. The van der Waals surface area contributed by atoms with E-state index < -0.39 is 11.9 Å². The fraction of sp³-hybridized carbons (Fsp3) is 0.263. The van der Waals surface area contributed by atoms with E-state index in [1.807, 2.05) is 38.1 Å². The molecular formula is C19H19Cl2NO3S. The van der Waals surface area contributed by atoms with Crippen LogP contribution in [0.4, 0.5) is 5.69 Å². The number of anilines is 1. The standard InChI is InChI=1S/C19H19Cl2NO3S/c1-12-7-13(2)19(16(21)8-12)22-17(23)9-25-18(24)11-26-10-14-5-3-4-6-15(14)20/h3-8H,9-11H2,1-2H3,(H,22,23). The summed E-state index contributed by atoms with van der Waals surface area (Å²) in [6.07, 6.45) is 0. The topological polar surface area (TPSA) is 55.4 Å². The van der Waals surface area contributed by atoms with Crippen LogP contribution in [0, 0.1) is 13.8 Å². The zero-order chi connectivity index (χ0) is 19.1. The molecule has 0 spiro atoms. The molecule has 0 saturated heterocycles. The lowest BCUT2D eigenvalue weighted by Gasteiger charge is -2.12. The van der Waals surface area contributed by atoms with Crippen molar-refractivity contribution < 1.29 is 14.3 Å². The molecule has 0 unspecified atom stereocenters. The normalized spacial score (nSPS) is 10.5.